The molecule has 0 saturated carbocycles. The molecular formula is C32H49N7O13S3. The van der Waals surface area contributed by atoms with Crippen LogP contribution in [0.4, 0.5) is 0 Å². The maximum absolute atomic E-state index is 12.3. The number of carboxylic acids is 3. The van der Waals surface area contributed by atoms with E-state index < -0.39 is 80.3 Å². The van der Waals surface area contributed by atoms with E-state index in [1.807, 2.05) is 33.8 Å². The summed E-state index contributed by atoms with van der Waals surface area (Å²) in [4.78, 5) is 85.0. The molecule has 23 heteroatoms. The van der Waals surface area contributed by atoms with Crippen molar-refractivity contribution in [3.05, 3.63) is 35.9 Å². The van der Waals surface area contributed by atoms with Gasteiger partial charge in [0.05, 0.1) is 0 Å². The van der Waals surface area contributed by atoms with Crippen molar-refractivity contribution < 1.29 is 65.3 Å². The number of amides is 4. The Morgan fingerprint density at radius 3 is 1.31 bits per heavy atom. The van der Waals surface area contributed by atoms with Gasteiger partial charge in [-0.2, -0.15) is 0 Å². The molecule has 0 radical (unpaired) electrons. The molecule has 6 fully saturated rings. The van der Waals surface area contributed by atoms with Crippen LogP contribution in [-0.4, -0.2) is 155 Å². The highest BCUT2D eigenvalue weighted by atomic mass is 32.2. The minimum absolute atomic E-state index is 0. The number of carbonyl (C=O) groups is 7. The van der Waals surface area contributed by atoms with Crippen molar-refractivity contribution in [2.24, 2.45) is 17.2 Å². The van der Waals surface area contributed by atoms with Crippen LogP contribution in [0.1, 0.15) is 53.1 Å². The summed E-state index contributed by atoms with van der Waals surface area (Å²) >= 11 is 4.31. The van der Waals surface area contributed by atoms with Gasteiger partial charge in [0.25, 0.3) is 0 Å². The summed E-state index contributed by atoms with van der Waals surface area (Å²) in [6.07, 6.45) is 0. The fraction of sp³-hybridized carbons (Fsp3) is 0.594. The van der Waals surface area contributed by atoms with Gasteiger partial charge in [0, 0.05) is 14.2 Å². The van der Waals surface area contributed by atoms with Crippen LogP contribution in [0.3, 0.4) is 0 Å². The van der Waals surface area contributed by atoms with Crippen molar-refractivity contribution in [2.75, 3.05) is 0 Å². The molecule has 1 aromatic carbocycles. The summed E-state index contributed by atoms with van der Waals surface area (Å²) < 4.78 is -1.53. The minimum Gasteiger partial charge on any atom is -0.480 e. The molecule has 6 aliphatic heterocycles. The van der Waals surface area contributed by atoms with Gasteiger partial charge in [-0.05, 0) is 47.1 Å². The molecule has 1 aromatic rings. The van der Waals surface area contributed by atoms with Crippen LogP contribution >= 0.6 is 35.3 Å². The fourth-order valence-electron chi connectivity index (χ4n) is 7.28. The van der Waals surface area contributed by atoms with Crippen molar-refractivity contribution in [3.63, 3.8) is 0 Å². The third-order valence-corrected chi connectivity index (χ3v) is 14.6. The predicted octanol–water partition coefficient (Wildman–Crippen LogP) is -3.23. The highest BCUT2D eigenvalue weighted by Crippen LogP contribution is 2.52. The minimum atomic E-state index is -1.03. The van der Waals surface area contributed by atoms with Crippen LogP contribution < -0.4 is 22.5 Å². The molecule has 6 saturated heterocycles. The van der Waals surface area contributed by atoms with E-state index in [2.05, 4.69) is 5.32 Å². The fourth-order valence-corrected chi connectivity index (χ4v) is 12.0. The Morgan fingerprint density at radius 1 is 0.636 bits per heavy atom. The van der Waals surface area contributed by atoms with E-state index in [0.717, 1.165) is 0 Å². The smallest absolute Gasteiger partial charge is 0.327 e. The Morgan fingerprint density at radius 2 is 0.964 bits per heavy atom. The Labute approximate surface area is 328 Å². The molecule has 0 bridgehead atoms. The van der Waals surface area contributed by atoms with Crippen molar-refractivity contribution in [3.8, 4) is 0 Å². The molecule has 0 aromatic heterocycles. The van der Waals surface area contributed by atoms with Crippen molar-refractivity contribution in [1.29, 1.82) is 0 Å². The predicted molar refractivity (Wildman–Crippen MR) is 203 cm³/mol. The summed E-state index contributed by atoms with van der Waals surface area (Å²) in [7, 11) is 0. The molecule has 6 heterocycles. The first-order valence-corrected chi connectivity index (χ1v) is 18.9. The third kappa shape index (κ3) is 7.98. The van der Waals surface area contributed by atoms with Crippen LogP contribution in [0.25, 0.3) is 0 Å². The summed E-state index contributed by atoms with van der Waals surface area (Å²) in [5, 5.41) is 29.4. The monoisotopic (exact) mass is 835 g/mol. The van der Waals surface area contributed by atoms with Crippen LogP contribution in [0.2, 0.25) is 0 Å². The molecule has 16 N–H and O–H groups in total. The lowest BCUT2D eigenvalue weighted by Gasteiger charge is -2.43. The van der Waals surface area contributed by atoms with Crippen molar-refractivity contribution in [1.82, 2.24) is 20.0 Å². The van der Waals surface area contributed by atoms with E-state index in [9.17, 15) is 38.7 Å². The number of benzene rings is 1. The molecule has 10 atom stereocenters. The number of hydrogen-bond acceptors (Lipinski definition) is 13. The maximum atomic E-state index is 12.3. The first-order chi connectivity index (χ1) is 24.0. The zero-order chi connectivity index (χ0) is 39.0. The van der Waals surface area contributed by atoms with Gasteiger partial charge in [-0.1, -0.05) is 30.3 Å². The number of nitrogens with two attached hydrogens (primary N) is 3. The Bertz CT molecular complexity index is 1640. The molecular weight excluding hydrogens is 787 g/mol. The van der Waals surface area contributed by atoms with Crippen molar-refractivity contribution in [2.45, 2.75) is 114 Å². The molecule has 4 amide bonds. The summed E-state index contributed by atoms with van der Waals surface area (Å²) in [6.45, 7) is 10.9. The largest absolute Gasteiger partial charge is 0.480 e. The van der Waals surface area contributed by atoms with Crippen LogP contribution in [-0.2, 0) is 33.6 Å². The SMILES string of the molecule is CC1(C)S[C@@H]2C(N)C(=O)N2[C@H]1C(=O)O.CC1(C)S[C@@H]2[C@H](N)C(=O)N2[C@H]1C(=O)O.CC1(C)S[C@@H]2[C@H](NC(=O)[C@H](N)c3ccccc3)C(=O)N2[C@H]1C(=O)O.O.O.O. The molecule has 1 unspecified atom stereocenters. The highest BCUT2D eigenvalue weighted by molar-refractivity contribution is 8.02. The number of carbonyl (C=O) groups excluding carboxylic acids is 4. The third-order valence-electron chi connectivity index (χ3n) is 9.85. The standard InChI is InChI=1S/C16H19N3O4S.2C8H12N2O3S.3H2O/c1-16(2)11(15(22)23)19-13(21)10(14(19)24-16)18-12(20)9(17)8-6-4-3-5-7-8;2*1-8(2)4(7(12)13)10-5(11)3(9)6(10)14-8;;;/h3-7,9-11,14H,17H2,1-2H3,(H,18,20)(H,22,23);2*3-4,6H,9H2,1-2H3,(H,12,13);3*1H2/t9-,10-,11+,14-;3?,4-,6+;3-,4+,6-;;;/m101.../s1. The van der Waals surface area contributed by atoms with Gasteiger partial charge in [-0.15, -0.1) is 35.3 Å². The Balaban J connectivity index is 0.000000293. The second-order valence-electron chi connectivity index (χ2n) is 14.7. The van der Waals surface area contributed by atoms with E-state index in [4.69, 9.17) is 27.4 Å². The van der Waals surface area contributed by atoms with Gasteiger partial charge >= 0.3 is 17.9 Å². The maximum Gasteiger partial charge on any atom is 0.327 e. The quantitative estimate of drug-likeness (QED) is 0.139. The Hall–Kier alpha value is -3.68. The number of rotatable bonds is 6. The molecule has 20 nitrogen and oxygen atoms in total. The summed E-state index contributed by atoms with van der Waals surface area (Å²) in [6, 6.07) is 3.84. The second kappa shape index (κ2) is 16.4. The summed E-state index contributed by atoms with van der Waals surface area (Å²) in [5.74, 6) is -4.26. The second-order valence-corrected chi connectivity index (χ2v) is 20.0. The number of hydrogen-bond donors (Lipinski definition) is 7. The lowest BCUT2D eigenvalue weighted by atomic mass is 9.95. The zero-order valence-corrected chi connectivity index (χ0v) is 33.1. The number of fused-ring (bicyclic) bond motifs is 3. The van der Waals surface area contributed by atoms with E-state index >= 15 is 0 Å². The van der Waals surface area contributed by atoms with Crippen LogP contribution in [0, 0.1) is 0 Å². The van der Waals surface area contributed by atoms with Gasteiger partial charge in [-0.3, -0.25) is 19.2 Å². The molecule has 0 spiro atoms. The first-order valence-electron chi connectivity index (χ1n) is 16.3. The molecule has 7 rings (SSSR count). The molecule has 55 heavy (non-hydrogen) atoms. The molecule has 308 valence electrons. The lowest BCUT2D eigenvalue weighted by molar-refractivity contribution is -0.161. The van der Waals surface area contributed by atoms with Gasteiger partial charge in [0.15, 0.2) is 0 Å². The Kier molecular flexibility index (Phi) is 14.2. The summed E-state index contributed by atoms with van der Waals surface area (Å²) in [5.41, 5.74) is 17.8. The van der Waals surface area contributed by atoms with Crippen LogP contribution in [0.15, 0.2) is 30.3 Å². The average Bonchev–Trinajstić information content (AvgIpc) is 3.61. The number of nitrogens with one attached hydrogen (secondary N) is 1. The zero-order valence-electron chi connectivity index (χ0n) is 30.7. The molecule has 6 aliphatic rings. The number of β-lactam (4-membered cyclic amide) rings is 3. The molecule has 0 aliphatic carbocycles. The van der Waals surface area contributed by atoms with Gasteiger partial charge in [0.1, 0.15) is 58.4 Å². The highest BCUT2D eigenvalue weighted by Gasteiger charge is 2.65. The lowest BCUT2D eigenvalue weighted by Crippen LogP contribution is -2.71. The number of nitrogens with zero attached hydrogens (tertiary/aromatic N) is 3. The van der Waals surface area contributed by atoms with E-state index in [1.165, 1.54) is 50.0 Å². The number of carboxylic acid groups (broad SMARTS) is 3. The van der Waals surface area contributed by atoms with Crippen LogP contribution in [0.5, 0.6) is 0 Å². The average molecular weight is 836 g/mol. The number of aliphatic carboxylic acids is 3. The van der Waals surface area contributed by atoms with E-state index in [-0.39, 0.29) is 50.3 Å². The van der Waals surface area contributed by atoms with Crippen molar-refractivity contribution >= 4 is 76.8 Å². The van der Waals surface area contributed by atoms with Gasteiger partial charge in [0.2, 0.25) is 23.6 Å². The van der Waals surface area contributed by atoms with Gasteiger partial charge < -0.3 is 69.0 Å². The van der Waals surface area contributed by atoms with E-state index in [1.54, 1.807) is 38.1 Å². The van der Waals surface area contributed by atoms with E-state index in [0.29, 0.717) is 5.56 Å². The number of thioether (sulfide) groups is 3. The normalized spacial score (nSPS) is 32.5. The topological polar surface area (TPSA) is 374 Å². The van der Waals surface area contributed by atoms with Gasteiger partial charge in [-0.25, -0.2) is 14.4 Å². The first kappa shape index (κ1) is 47.5.